The van der Waals surface area contributed by atoms with Gasteiger partial charge in [-0.3, -0.25) is 0 Å². The molecule has 0 saturated carbocycles. The van der Waals surface area contributed by atoms with E-state index >= 15 is 0 Å². The van der Waals surface area contributed by atoms with Crippen molar-refractivity contribution in [1.82, 2.24) is 0 Å². The highest BCUT2D eigenvalue weighted by Gasteiger charge is 2.27. The summed E-state index contributed by atoms with van der Waals surface area (Å²) in [5, 5.41) is 0. The maximum atomic E-state index is 4.93. The first-order valence-corrected chi connectivity index (χ1v) is 10.2. The monoisotopic (exact) mass is 376 g/mol. The van der Waals surface area contributed by atoms with E-state index in [-0.39, 0.29) is 0 Å². The zero-order chi connectivity index (χ0) is 19.2. The molecule has 6 aliphatic heterocycles. The van der Waals surface area contributed by atoms with Crippen LogP contribution >= 0.6 is 0 Å². The lowest BCUT2D eigenvalue weighted by atomic mass is 10.2. The Bertz CT molecular complexity index is 293. The molecule has 0 aromatic heterocycles. The summed E-state index contributed by atoms with van der Waals surface area (Å²) < 4.78 is 28.6. The predicted octanol–water partition coefficient (Wildman–Crippen LogP) is 3.21. The molecule has 6 rings (SSSR count). The molecule has 6 saturated heterocycles. The molecule has 0 bridgehead atoms. The van der Waals surface area contributed by atoms with Crippen LogP contribution in [-0.2, 0) is 28.4 Å². The first-order chi connectivity index (χ1) is 12.5. The van der Waals surface area contributed by atoms with Gasteiger partial charge in [0, 0.05) is 19.8 Å². The number of rotatable bonds is 1. The first kappa shape index (κ1) is 23.8. The lowest BCUT2D eigenvalue weighted by Crippen LogP contribution is -2.22. The molecule has 5 atom stereocenters. The van der Waals surface area contributed by atoms with Crippen LogP contribution < -0.4 is 0 Å². The van der Waals surface area contributed by atoms with E-state index in [1.807, 2.05) is 0 Å². The Kier molecular flexibility index (Phi) is 13.5. The SMILES string of the molecule is C1CO1.C1COC1.CC1CCO1.CC1CO1.CC1OC1C.CCC1CO1. The fourth-order valence-electron chi connectivity index (χ4n) is 1.19. The second-order valence-electron chi connectivity index (χ2n) is 7.10. The van der Waals surface area contributed by atoms with E-state index in [4.69, 9.17) is 23.7 Å². The van der Waals surface area contributed by atoms with Gasteiger partial charge >= 0.3 is 0 Å². The fourth-order valence-corrected chi connectivity index (χ4v) is 1.19. The molecule has 0 amide bonds. The van der Waals surface area contributed by atoms with Gasteiger partial charge in [0.2, 0.25) is 0 Å². The van der Waals surface area contributed by atoms with Crippen LogP contribution in [0.25, 0.3) is 0 Å². The lowest BCUT2D eigenvalue weighted by molar-refractivity contribution is -0.0375. The summed E-state index contributed by atoms with van der Waals surface area (Å²) in [4.78, 5) is 0. The number of hydrogen-bond donors (Lipinski definition) is 0. The molecule has 5 unspecified atom stereocenters. The van der Waals surface area contributed by atoms with Crippen LogP contribution in [0.5, 0.6) is 0 Å². The van der Waals surface area contributed by atoms with Gasteiger partial charge in [-0.15, -0.1) is 0 Å². The van der Waals surface area contributed by atoms with Gasteiger partial charge < -0.3 is 28.4 Å². The second-order valence-corrected chi connectivity index (χ2v) is 7.10. The van der Waals surface area contributed by atoms with E-state index in [0.29, 0.717) is 30.5 Å². The fraction of sp³-hybridized carbons (Fsp3) is 1.00. The van der Waals surface area contributed by atoms with Gasteiger partial charge in [-0.25, -0.2) is 0 Å². The highest BCUT2D eigenvalue weighted by Crippen LogP contribution is 2.18. The van der Waals surface area contributed by atoms with Crippen molar-refractivity contribution in [3.8, 4) is 0 Å². The predicted molar refractivity (Wildman–Crippen MR) is 102 cm³/mol. The van der Waals surface area contributed by atoms with Gasteiger partial charge in [0.25, 0.3) is 0 Å². The van der Waals surface area contributed by atoms with Crippen LogP contribution in [0.3, 0.4) is 0 Å². The van der Waals surface area contributed by atoms with E-state index in [2.05, 4.69) is 39.4 Å². The number of ether oxygens (including phenoxy) is 6. The molecule has 156 valence electrons. The Morgan fingerprint density at radius 1 is 0.692 bits per heavy atom. The largest absolute Gasteiger partial charge is 0.381 e. The summed E-state index contributed by atoms with van der Waals surface area (Å²) in [6.07, 6.45) is 6.62. The molecule has 0 spiro atoms. The van der Waals surface area contributed by atoms with Gasteiger partial charge in [-0.05, 0) is 47.0 Å². The summed E-state index contributed by atoms with van der Waals surface area (Å²) in [5.74, 6) is 0. The van der Waals surface area contributed by atoms with E-state index in [1.54, 1.807) is 0 Å². The molecule has 0 N–H and O–H groups in total. The van der Waals surface area contributed by atoms with Crippen molar-refractivity contribution in [2.75, 3.05) is 46.2 Å². The summed E-state index contributed by atoms with van der Waals surface area (Å²) in [7, 11) is 0. The maximum Gasteiger partial charge on any atom is 0.0811 e. The van der Waals surface area contributed by atoms with E-state index in [9.17, 15) is 0 Å². The standard InChI is InChI=1S/3C4H8O.2C3H6O.C2H4O/c1-4-2-3-5-4;1-3-4(2)5-3;1-2-4-3-5-4;1-3-2-4-3;1-2-4-3-1;1-2-3-1/h4H,2-3H2,1H3;3-4H,1-2H3;4H,2-3H2,1H3;3H,2H2,1H3;1-3H2;1-2H2. The zero-order valence-corrected chi connectivity index (χ0v) is 17.4. The zero-order valence-electron chi connectivity index (χ0n) is 17.4. The molecule has 6 aliphatic rings. The summed E-state index contributed by atoms with van der Waals surface area (Å²) >= 11 is 0. The van der Waals surface area contributed by atoms with Crippen molar-refractivity contribution in [3.05, 3.63) is 0 Å². The third-order valence-corrected chi connectivity index (χ3v) is 4.08. The smallest absolute Gasteiger partial charge is 0.0811 e. The Balaban J connectivity index is 0.000000157. The Hall–Kier alpha value is -0.240. The third kappa shape index (κ3) is 20.1. The van der Waals surface area contributed by atoms with Crippen molar-refractivity contribution in [2.45, 2.75) is 84.4 Å². The van der Waals surface area contributed by atoms with Crippen molar-refractivity contribution in [3.63, 3.8) is 0 Å². The molecule has 0 aromatic rings. The third-order valence-electron chi connectivity index (χ3n) is 4.08. The van der Waals surface area contributed by atoms with Gasteiger partial charge in [0.15, 0.2) is 0 Å². The van der Waals surface area contributed by atoms with E-state index in [0.717, 1.165) is 46.2 Å². The van der Waals surface area contributed by atoms with Crippen LogP contribution in [0.4, 0.5) is 0 Å². The summed E-state index contributed by atoms with van der Waals surface area (Å²) in [6, 6.07) is 0. The van der Waals surface area contributed by atoms with Crippen LogP contribution in [0, 0.1) is 0 Å². The van der Waals surface area contributed by atoms with Crippen LogP contribution in [0.2, 0.25) is 0 Å². The average molecular weight is 377 g/mol. The van der Waals surface area contributed by atoms with Gasteiger partial charge in [-0.2, -0.15) is 0 Å². The van der Waals surface area contributed by atoms with Crippen LogP contribution in [0.1, 0.15) is 53.9 Å². The molecule has 6 heterocycles. The Morgan fingerprint density at radius 3 is 1.04 bits per heavy atom. The van der Waals surface area contributed by atoms with Crippen molar-refractivity contribution >= 4 is 0 Å². The highest BCUT2D eigenvalue weighted by atomic mass is 16.6. The molecule has 0 aromatic carbocycles. The lowest BCUT2D eigenvalue weighted by Gasteiger charge is -2.20. The normalized spacial score (nSPS) is 35.7. The molecular formula is C20H40O6. The minimum absolute atomic E-state index is 0.551. The minimum Gasteiger partial charge on any atom is -0.381 e. The average Bonchev–Trinajstić information content (AvgIpc) is 3.34. The molecular weight excluding hydrogens is 336 g/mol. The molecule has 26 heavy (non-hydrogen) atoms. The van der Waals surface area contributed by atoms with E-state index < -0.39 is 0 Å². The van der Waals surface area contributed by atoms with Crippen LogP contribution in [-0.4, -0.2) is 76.8 Å². The van der Waals surface area contributed by atoms with Gasteiger partial charge in [0.1, 0.15) is 0 Å². The second kappa shape index (κ2) is 14.8. The van der Waals surface area contributed by atoms with Crippen molar-refractivity contribution in [2.24, 2.45) is 0 Å². The van der Waals surface area contributed by atoms with Crippen LogP contribution in [0.15, 0.2) is 0 Å². The number of epoxide rings is 4. The first-order valence-electron chi connectivity index (χ1n) is 10.2. The number of hydrogen-bond acceptors (Lipinski definition) is 6. The molecule has 6 nitrogen and oxygen atoms in total. The highest BCUT2D eigenvalue weighted by molar-refractivity contribution is 4.73. The van der Waals surface area contributed by atoms with Crippen molar-refractivity contribution < 1.29 is 28.4 Å². The topological polar surface area (TPSA) is 68.6 Å². The summed E-state index contributed by atoms with van der Waals surface area (Å²) in [6.45, 7) is 17.4. The molecule has 0 radical (unpaired) electrons. The molecule has 6 fully saturated rings. The van der Waals surface area contributed by atoms with Gasteiger partial charge in [-0.1, -0.05) is 6.92 Å². The van der Waals surface area contributed by atoms with E-state index in [1.165, 1.54) is 19.3 Å². The van der Waals surface area contributed by atoms with Gasteiger partial charge in [0.05, 0.1) is 56.9 Å². The Labute approximate surface area is 159 Å². The minimum atomic E-state index is 0.551. The quantitative estimate of drug-likeness (QED) is 0.655. The van der Waals surface area contributed by atoms with Crippen molar-refractivity contribution in [1.29, 1.82) is 0 Å². The molecule has 0 aliphatic carbocycles. The maximum absolute atomic E-state index is 4.93. The molecule has 6 heteroatoms. The Morgan fingerprint density at radius 2 is 1.04 bits per heavy atom. The summed E-state index contributed by atoms with van der Waals surface area (Å²) in [5.41, 5.74) is 0.